The molecule has 0 unspecified atom stereocenters. The second-order valence-electron chi connectivity index (χ2n) is 3.88. The molecule has 2 aliphatic rings. The van der Waals surface area contributed by atoms with Crippen molar-refractivity contribution >= 4 is 28.3 Å². The van der Waals surface area contributed by atoms with E-state index in [1.165, 1.54) is 5.70 Å². The summed E-state index contributed by atoms with van der Waals surface area (Å²) in [5.74, 6) is 0. The number of fused-ring (bicyclic) bond motifs is 1. The Morgan fingerprint density at radius 3 is 3.06 bits per heavy atom. The topological polar surface area (TPSA) is 41.6 Å². The summed E-state index contributed by atoms with van der Waals surface area (Å²) >= 11 is 1.70. The number of benzene rings is 1. The quantitative estimate of drug-likeness (QED) is 0.754. The molecule has 0 fully saturated rings. The number of nitrogen functional groups attached to an aromatic ring is 1. The maximum absolute atomic E-state index is 6.01. The Hall–Kier alpha value is -1.42. The SMILES string of the molecule is Nc1ccccc1C1=CSC2=NCCCN12. The van der Waals surface area contributed by atoms with Crippen LogP contribution in [0.15, 0.2) is 34.7 Å². The van der Waals surface area contributed by atoms with Crippen LogP contribution < -0.4 is 5.73 Å². The molecule has 0 radical (unpaired) electrons. The van der Waals surface area contributed by atoms with Crippen LogP contribution in [0.3, 0.4) is 0 Å². The molecule has 2 heterocycles. The average molecular weight is 231 g/mol. The Morgan fingerprint density at radius 1 is 1.31 bits per heavy atom. The third-order valence-electron chi connectivity index (χ3n) is 2.82. The summed E-state index contributed by atoms with van der Waals surface area (Å²) in [6.45, 7) is 2.00. The van der Waals surface area contributed by atoms with E-state index in [1.807, 2.05) is 18.2 Å². The van der Waals surface area contributed by atoms with Gasteiger partial charge in [0, 0.05) is 29.7 Å². The van der Waals surface area contributed by atoms with E-state index in [2.05, 4.69) is 21.4 Å². The summed E-state index contributed by atoms with van der Waals surface area (Å²) in [6.07, 6.45) is 1.12. The van der Waals surface area contributed by atoms with Gasteiger partial charge in [-0.25, -0.2) is 0 Å². The highest BCUT2D eigenvalue weighted by molar-refractivity contribution is 8.16. The summed E-state index contributed by atoms with van der Waals surface area (Å²) in [5, 5.41) is 3.26. The first-order chi connectivity index (χ1) is 7.86. The largest absolute Gasteiger partial charge is 0.398 e. The molecule has 0 atom stereocenters. The first-order valence-corrected chi connectivity index (χ1v) is 6.28. The van der Waals surface area contributed by atoms with Crippen LogP contribution in [-0.4, -0.2) is 23.2 Å². The van der Waals surface area contributed by atoms with Crippen molar-refractivity contribution in [2.24, 2.45) is 4.99 Å². The zero-order valence-corrected chi connectivity index (χ0v) is 9.70. The van der Waals surface area contributed by atoms with Gasteiger partial charge in [0.25, 0.3) is 0 Å². The Bertz CT molecular complexity index is 479. The number of aliphatic imine (C=N–C) groups is 1. The van der Waals surface area contributed by atoms with Crippen molar-refractivity contribution in [3.05, 3.63) is 35.2 Å². The molecule has 16 heavy (non-hydrogen) atoms. The molecule has 0 amide bonds. The van der Waals surface area contributed by atoms with Crippen molar-refractivity contribution in [3.63, 3.8) is 0 Å². The highest BCUT2D eigenvalue weighted by atomic mass is 32.2. The number of amidine groups is 1. The second kappa shape index (κ2) is 3.87. The molecule has 4 heteroatoms. The summed E-state index contributed by atoms with van der Waals surface area (Å²) in [4.78, 5) is 6.77. The zero-order chi connectivity index (χ0) is 11.0. The van der Waals surface area contributed by atoms with Gasteiger partial charge in [-0.3, -0.25) is 4.99 Å². The molecule has 3 rings (SSSR count). The summed E-state index contributed by atoms with van der Waals surface area (Å²) in [6, 6.07) is 8.00. The van der Waals surface area contributed by atoms with E-state index in [4.69, 9.17) is 5.73 Å². The number of para-hydroxylation sites is 1. The van der Waals surface area contributed by atoms with Crippen molar-refractivity contribution in [3.8, 4) is 0 Å². The van der Waals surface area contributed by atoms with Gasteiger partial charge < -0.3 is 10.6 Å². The molecule has 82 valence electrons. The number of rotatable bonds is 1. The van der Waals surface area contributed by atoms with E-state index >= 15 is 0 Å². The molecule has 0 aliphatic carbocycles. The molecule has 0 aromatic heterocycles. The lowest BCUT2D eigenvalue weighted by atomic mass is 10.1. The van der Waals surface area contributed by atoms with Crippen molar-refractivity contribution in [1.29, 1.82) is 0 Å². The van der Waals surface area contributed by atoms with Crippen LogP contribution in [0.2, 0.25) is 0 Å². The average Bonchev–Trinajstić information content (AvgIpc) is 2.74. The minimum Gasteiger partial charge on any atom is -0.398 e. The van der Waals surface area contributed by atoms with Gasteiger partial charge in [0.2, 0.25) is 0 Å². The third kappa shape index (κ3) is 1.50. The van der Waals surface area contributed by atoms with Gasteiger partial charge in [-0.15, -0.1) is 0 Å². The van der Waals surface area contributed by atoms with Gasteiger partial charge in [-0.1, -0.05) is 30.0 Å². The fourth-order valence-electron chi connectivity index (χ4n) is 2.02. The van der Waals surface area contributed by atoms with Crippen LogP contribution in [0, 0.1) is 0 Å². The summed E-state index contributed by atoms with van der Waals surface area (Å²) < 4.78 is 0. The minimum absolute atomic E-state index is 0.834. The molecular weight excluding hydrogens is 218 g/mol. The standard InChI is InChI=1S/C12H13N3S/c13-10-5-2-1-4-9(10)11-8-16-12-14-6-3-7-15(11)12/h1-2,4-5,8H,3,6-7,13H2. The van der Waals surface area contributed by atoms with Crippen LogP contribution >= 0.6 is 11.8 Å². The van der Waals surface area contributed by atoms with Gasteiger partial charge in [0.15, 0.2) is 5.17 Å². The Labute approximate surface area is 99.0 Å². The first-order valence-electron chi connectivity index (χ1n) is 5.40. The molecule has 1 aromatic carbocycles. The Morgan fingerprint density at radius 2 is 2.19 bits per heavy atom. The lowest BCUT2D eigenvalue weighted by Gasteiger charge is -2.25. The lowest BCUT2D eigenvalue weighted by Crippen LogP contribution is -2.29. The number of hydrogen-bond acceptors (Lipinski definition) is 4. The number of hydrogen-bond donors (Lipinski definition) is 1. The maximum atomic E-state index is 6.01. The number of nitrogens with two attached hydrogens (primary N) is 1. The number of thioether (sulfide) groups is 1. The van der Waals surface area contributed by atoms with Crippen molar-refractivity contribution < 1.29 is 0 Å². The maximum Gasteiger partial charge on any atom is 0.168 e. The predicted molar refractivity (Wildman–Crippen MR) is 70.0 cm³/mol. The van der Waals surface area contributed by atoms with Gasteiger partial charge >= 0.3 is 0 Å². The van der Waals surface area contributed by atoms with E-state index in [9.17, 15) is 0 Å². The molecule has 0 saturated heterocycles. The fraction of sp³-hybridized carbons (Fsp3) is 0.250. The molecule has 2 aliphatic heterocycles. The molecule has 1 aromatic rings. The van der Waals surface area contributed by atoms with Crippen LogP contribution in [0.4, 0.5) is 5.69 Å². The van der Waals surface area contributed by atoms with E-state index in [1.54, 1.807) is 11.8 Å². The summed E-state index contributed by atoms with van der Waals surface area (Å²) in [5.41, 5.74) is 9.15. The van der Waals surface area contributed by atoms with Crippen molar-refractivity contribution in [2.45, 2.75) is 6.42 Å². The molecular formula is C12H13N3S. The number of nitrogens with zero attached hydrogens (tertiary/aromatic N) is 2. The predicted octanol–water partition coefficient (Wildman–Crippen LogP) is 2.38. The van der Waals surface area contributed by atoms with E-state index < -0.39 is 0 Å². The first kappa shape index (κ1) is 9.78. The third-order valence-corrected chi connectivity index (χ3v) is 3.72. The minimum atomic E-state index is 0.834. The van der Waals surface area contributed by atoms with E-state index in [0.29, 0.717) is 0 Å². The molecule has 2 N–H and O–H groups in total. The normalized spacial score (nSPS) is 19.1. The van der Waals surface area contributed by atoms with Gasteiger partial charge in [-0.2, -0.15) is 0 Å². The monoisotopic (exact) mass is 231 g/mol. The summed E-state index contributed by atoms with van der Waals surface area (Å²) in [7, 11) is 0. The molecule has 0 bridgehead atoms. The number of anilines is 1. The van der Waals surface area contributed by atoms with Gasteiger partial charge in [-0.05, 0) is 12.5 Å². The van der Waals surface area contributed by atoms with Crippen LogP contribution in [0.1, 0.15) is 12.0 Å². The van der Waals surface area contributed by atoms with Crippen molar-refractivity contribution in [1.82, 2.24) is 4.90 Å². The van der Waals surface area contributed by atoms with Crippen LogP contribution in [0.5, 0.6) is 0 Å². The lowest BCUT2D eigenvalue weighted by molar-refractivity contribution is 0.542. The Kier molecular flexibility index (Phi) is 2.36. The molecule has 0 spiro atoms. The van der Waals surface area contributed by atoms with Gasteiger partial charge in [0.05, 0.1) is 5.70 Å². The fourth-order valence-corrected chi connectivity index (χ4v) is 2.97. The van der Waals surface area contributed by atoms with Crippen molar-refractivity contribution in [2.75, 3.05) is 18.8 Å². The molecule has 3 nitrogen and oxygen atoms in total. The Balaban J connectivity index is 2.00. The smallest absolute Gasteiger partial charge is 0.168 e. The second-order valence-corrected chi connectivity index (χ2v) is 4.71. The van der Waals surface area contributed by atoms with E-state index in [-0.39, 0.29) is 0 Å². The van der Waals surface area contributed by atoms with E-state index in [0.717, 1.165) is 35.9 Å². The zero-order valence-electron chi connectivity index (χ0n) is 8.89. The van der Waals surface area contributed by atoms with Crippen LogP contribution in [0.25, 0.3) is 5.70 Å². The molecule has 0 saturated carbocycles. The van der Waals surface area contributed by atoms with Crippen LogP contribution in [-0.2, 0) is 0 Å². The van der Waals surface area contributed by atoms with Gasteiger partial charge in [0.1, 0.15) is 0 Å². The highest BCUT2D eigenvalue weighted by Gasteiger charge is 2.26. The highest BCUT2D eigenvalue weighted by Crippen LogP contribution is 2.36.